The summed E-state index contributed by atoms with van der Waals surface area (Å²) < 4.78 is 31.6. The van der Waals surface area contributed by atoms with Gasteiger partial charge in [-0.3, -0.25) is 9.80 Å². The molecule has 1 atom stereocenters. The third-order valence-electron chi connectivity index (χ3n) is 5.62. The third-order valence-corrected chi connectivity index (χ3v) is 5.62. The summed E-state index contributed by atoms with van der Waals surface area (Å²) in [6.45, 7) is 3.14. The summed E-state index contributed by atoms with van der Waals surface area (Å²) in [5.41, 5.74) is 1.84. The van der Waals surface area contributed by atoms with Crippen LogP contribution in [0.3, 0.4) is 0 Å². The second kappa shape index (κ2) is 8.27. The molecule has 1 amide bonds. The van der Waals surface area contributed by atoms with Crippen LogP contribution in [0.4, 0.5) is 19.3 Å². The Labute approximate surface area is 163 Å². The van der Waals surface area contributed by atoms with Gasteiger partial charge in [-0.25, -0.2) is 13.6 Å². The van der Waals surface area contributed by atoms with Gasteiger partial charge in [0.15, 0.2) is 0 Å². The molecule has 2 fully saturated rings. The Hall–Kier alpha value is -2.47. The number of hydrogen-bond donors (Lipinski definition) is 0. The van der Waals surface area contributed by atoms with Crippen LogP contribution in [0.2, 0.25) is 0 Å². The zero-order chi connectivity index (χ0) is 19.5. The van der Waals surface area contributed by atoms with Crippen molar-refractivity contribution in [2.45, 2.75) is 25.4 Å². The van der Waals surface area contributed by atoms with Gasteiger partial charge in [-0.15, -0.1) is 0 Å². The van der Waals surface area contributed by atoms with Gasteiger partial charge in [-0.1, -0.05) is 12.1 Å². The van der Waals surface area contributed by atoms with Crippen molar-refractivity contribution in [3.63, 3.8) is 0 Å². The summed E-state index contributed by atoms with van der Waals surface area (Å²) in [6.07, 6.45) is 2.60. The largest absolute Gasteiger partial charge is 0.443 e. The minimum atomic E-state index is -0.372. The van der Waals surface area contributed by atoms with E-state index < -0.39 is 0 Å². The number of ether oxygens (including phenoxy) is 1. The van der Waals surface area contributed by atoms with Gasteiger partial charge in [0.1, 0.15) is 17.7 Å². The molecule has 2 aromatic rings. The van der Waals surface area contributed by atoms with Gasteiger partial charge in [0.25, 0.3) is 0 Å². The number of halogens is 2. The summed E-state index contributed by atoms with van der Waals surface area (Å²) in [5.74, 6) is 0.0827. The van der Waals surface area contributed by atoms with Crippen LogP contribution in [0.5, 0.6) is 0 Å². The molecule has 0 radical (unpaired) electrons. The zero-order valence-electron chi connectivity index (χ0n) is 15.7. The number of carbonyl (C=O) groups is 1. The highest BCUT2D eigenvalue weighted by Gasteiger charge is 2.34. The van der Waals surface area contributed by atoms with Crippen LogP contribution in [-0.4, -0.2) is 43.3 Å². The Morgan fingerprint density at radius 2 is 1.54 bits per heavy atom. The van der Waals surface area contributed by atoms with Gasteiger partial charge >= 0.3 is 6.09 Å². The number of likely N-dealkylation sites (tertiary alicyclic amines) is 1. The fourth-order valence-electron chi connectivity index (χ4n) is 4.06. The minimum Gasteiger partial charge on any atom is -0.443 e. The molecule has 0 aliphatic carbocycles. The van der Waals surface area contributed by atoms with Crippen molar-refractivity contribution in [3.8, 4) is 0 Å². The van der Waals surface area contributed by atoms with E-state index in [9.17, 15) is 13.6 Å². The molecule has 2 saturated heterocycles. The summed E-state index contributed by atoms with van der Waals surface area (Å²) >= 11 is 0. The van der Waals surface area contributed by atoms with Crippen LogP contribution in [0, 0.1) is 17.6 Å². The molecule has 2 aliphatic heterocycles. The van der Waals surface area contributed by atoms with E-state index in [0.29, 0.717) is 24.7 Å². The summed E-state index contributed by atoms with van der Waals surface area (Å²) in [7, 11) is 0. The van der Waals surface area contributed by atoms with Crippen LogP contribution < -0.4 is 4.90 Å². The van der Waals surface area contributed by atoms with Crippen LogP contribution in [0.25, 0.3) is 0 Å². The van der Waals surface area contributed by atoms with E-state index in [1.54, 1.807) is 17.0 Å². The average Bonchev–Trinajstić information content (AvgIpc) is 3.06. The molecule has 4 rings (SSSR count). The van der Waals surface area contributed by atoms with E-state index in [2.05, 4.69) is 4.90 Å². The highest BCUT2D eigenvalue weighted by atomic mass is 19.1. The van der Waals surface area contributed by atoms with Crippen LogP contribution >= 0.6 is 0 Å². The van der Waals surface area contributed by atoms with Gasteiger partial charge in [0.2, 0.25) is 0 Å². The molecule has 0 aromatic heterocycles. The first kappa shape index (κ1) is 18.9. The van der Waals surface area contributed by atoms with Gasteiger partial charge in [-0.2, -0.15) is 0 Å². The maximum Gasteiger partial charge on any atom is 0.414 e. The summed E-state index contributed by atoms with van der Waals surface area (Å²) in [6, 6.07) is 12.7. The lowest BCUT2D eigenvalue weighted by Gasteiger charge is -2.33. The van der Waals surface area contributed by atoms with Crippen molar-refractivity contribution in [1.82, 2.24) is 4.90 Å². The first-order chi connectivity index (χ1) is 13.6. The fourth-order valence-corrected chi connectivity index (χ4v) is 4.06. The Morgan fingerprint density at radius 3 is 2.18 bits per heavy atom. The number of amides is 1. The highest BCUT2D eigenvalue weighted by molar-refractivity contribution is 5.89. The molecular weight excluding hydrogens is 362 g/mol. The smallest absolute Gasteiger partial charge is 0.414 e. The summed E-state index contributed by atoms with van der Waals surface area (Å²) in [4.78, 5) is 16.1. The second-order valence-corrected chi connectivity index (χ2v) is 7.67. The van der Waals surface area contributed by atoms with Crippen molar-refractivity contribution in [2.24, 2.45) is 5.92 Å². The summed E-state index contributed by atoms with van der Waals surface area (Å²) in [5, 5.41) is 0. The molecule has 0 saturated carbocycles. The third kappa shape index (κ3) is 4.50. The Balaban J connectivity index is 1.25. The fraction of sp³-hybridized carbons (Fsp3) is 0.409. The van der Waals surface area contributed by atoms with Crippen molar-refractivity contribution >= 4 is 11.8 Å². The van der Waals surface area contributed by atoms with Crippen molar-refractivity contribution in [1.29, 1.82) is 0 Å². The van der Waals surface area contributed by atoms with Gasteiger partial charge in [0, 0.05) is 12.2 Å². The molecule has 0 unspecified atom stereocenters. The van der Waals surface area contributed by atoms with E-state index in [0.717, 1.165) is 32.4 Å². The van der Waals surface area contributed by atoms with Crippen LogP contribution in [0.15, 0.2) is 48.5 Å². The lowest BCUT2D eigenvalue weighted by Crippen LogP contribution is -2.40. The highest BCUT2D eigenvalue weighted by Crippen LogP contribution is 2.25. The van der Waals surface area contributed by atoms with Crippen molar-refractivity contribution in [2.75, 3.05) is 31.1 Å². The van der Waals surface area contributed by atoms with E-state index in [4.69, 9.17) is 4.74 Å². The standard InChI is InChI=1S/C22H24F2N2O2/c23-18-3-1-16(2-4-18)13-17-9-11-25(12-10-17)14-21-15-26(22(27)28-21)20-7-5-19(24)6-8-20/h1-8,17,21H,9-15H2/t21-/m0/s1. The molecule has 6 heteroatoms. The predicted molar refractivity (Wildman–Crippen MR) is 103 cm³/mol. The zero-order valence-corrected chi connectivity index (χ0v) is 15.7. The molecule has 0 spiro atoms. The lowest BCUT2D eigenvalue weighted by molar-refractivity contribution is 0.0914. The number of benzene rings is 2. The number of piperidine rings is 1. The van der Waals surface area contributed by atoms with Gasteiger partial charge in [-0.05, 0) is 80.2 Å². The van der Waals surface area contributed by atoms with Crippen LogP contribution in [0.1, 0.15) is 18.4 Å². The van der Waals surface area contributed by atoms with E-state index in [-0.39, 0.29) is 23.8 Å². The number of hydrogen-bond acceptors (Lipinski definition) is 3. The molecule has 4 nitrogen and oxygen atoms in total. The first-order valence-corrected chi connectivity index (χ1v) is 9.77. The molecule has 2 aromatic carbocycles. The lowest BCUT2D eigenvalue weighted by atomic mass is 9.90. The second-order valence-electron chi connectivity index (χ2n) is 7.67. The number of nitrogens with zero attached hydrogens (tertiary/aromatic N) is 2. The molecule has 2 aliphatic rings. The molecule has 148 valence electrons. The van der Waals surface area contributed by atoms with E-state index in [1.807, 2.05) is 12.1 Å². The molecule has 2 heterocycles. The quantitative estimate of drug-likeness (QED) is 0.770. The number of rotatable bonds is 5. The van der Waals surface area contributed by atoms with E-state index >= 15 is 0 Å². The maximum atomic E-state index is 13.1. The van der Waals surface area contributed by atoms with Gasteiger partial charge < -0.3 is 4.74 Å². The Bertz CT molecular complexity index is 802. The Morgan fingerprint density at radius 1 is 0.929 bits per heavy atom. The molecule has 28 heavy (non-hydrogen) atoms. The first-order valence-electron chi connectivity index (χ1n) is 9.77. The molecular formula is C22H24F2N2O2. The Kier molecular flexibility index (Phi) is 5.57. The number of cyclic esters (lactones) is 1. The SMILES string of the molecule is O=C1O[C@@H](CN2CCC(Cc3ccc(F)cc3)CC2)CN1c1ccc(F)cc1. The predicted octanol–water partition coefficient (Wildman–Crippen LogP) is 4.24. The normalized spacial score (nSPS) is 21.1. The maximum absolute atomic E-state index is 13.1. The molecule has 0 N–H and O–H groups in total. The topological polar surface area (TPSA) is 32.8 Å². The van der Waals surface area contributed by atoms with Crippen molar-refractivity contribution < 1.29 is 18.3 Å². The average molecular weight is 386 g/mol. The molecule has 0 bridgehead atoms. The minimum absolute atomic E-state index is 0.175. The van der Waals surface area contributed by atoms with E-state index in [1.165, 1.54) is 29.8 Å². The van der Waals surface area contributed by atoms with Crippen molar-refractivity contribution in [3.05, 3.63) is 65.7 Å². The van der Waals surface area contributed by atoms with Gasteiger partial charge in [0.05, 0.1) is 6.54 Å². The number of anilines is 1. The van der Waals surface area contributed by atoms with Crippen LogP contribution in [-0.2, 0) is 11.2 Å². The number of carbonyl (C=O) groups excluding carboxylic acids is 1. The monoisotopic (exact) mass is 386 g/mol.